The van der Waals surface area contributed by atoms with Gasteiger partial charge < -0.3 is 26.7 Å². The fourth-order valence-corrected chi connectivity index (χ4v) is 1.89. The number of nitro groups is 1. The van der Waals surface area contributed by atoms with Crippen LogP contribution in [0.25, 0.3) is 0 Å². The highest BCUT2D eigenvalue weighted by molar-refractivity contribution is 5.55. The molecule has 0 saturated heterocycles. The van der Waals surface area contributed by atoms with Crippen molar-refractivity contribution < 1.29 is 14.4 Å². The van der Waals surface area contributed by atoms with Gasteiger partial charge in [0.25, 0.3) is 5.69 Å². The molecule has 138 valence electrons. The summed E-state index contributed by atoms with van der Waals surface area (Å²) in [5, 5.41) is 10.4. The van der Waals surface area contributed by atoms with Crippen LogP contribution in [0.3, 0.4) is 0 Å². The molecule has 2 aromatic carbocycles. The number of ether oxygens (including phenoxy) is 2. The van der Waals surface area contributed by atoms with E-state index in [2.05, 4.69) is 0 Å². The van der Waals surface area contributed by atoms with Crippen molar-refractivity contribution in [1.29, 1.82) is 0 Å². The van der Waals surface area contributed by atoms with Gasteiger partial charge >= 0.3 is 0 Å². The van der Waals surface area contributed by atoms with Crippen molar-refractivity contribution in [1.82, 2.24) is 0 Å². The van der Waals surface area contributed by atoms with Crippen molar-refractivity contribution in [2.24, 2.45) is 0 Å². The van der Waals surface area contributed by atoms with E-state index in [1.165, 1.54) is 25.3 Å². The minimum atomic E-state index is -0.460. The first-order valence-corrected chi connectivity index (χ1v) is 7.03. The molecule has 2 aromatic rings. The fourth-order valence-electron chi connectivity index (χ4n) is 1.89. The molecule has 0 saturated carbocycles. The van der Waals surface area contributed by atoms with Gasteiger partial charge in [0, 0.05) is 54.5 Å². The van der Waals surface area contributed by atoms with Crippen LogP contribution in [-0.2, 0) is 22.7 Å². The zero-order chi connectivity index (χ0) is 18.1. The largest absolute Gasteiger partial charge is 0.399 e. The van der Waals surface area contributed by atoms with Crippen LogP contribution in [0, 0.1) is 10.1 Å². The summed E-state index contributed by atoms with van der Waals surface area (Å²) < 4.78 is 9.77. The number of nitrogens with two attached hydrogens (primary N) is 3. The molecular weight excluding hydrogens is 324 g/mol. The number of benzene rings is 2. The molecule has 0 atom stereocenters. The first-order valence-electron chi connectivity index (χ1n) is 7.03. The van der Waals surface area contributed by atoms with Gasteiger partial charge in [0.1, 0.15) is 0 Å². The number of methoxy groups -OCH3 is 2. The molecule has 0 spiro atoms. The second-order valence-corrected chi connectivity index (χ2v) is 4.96. The molecule has 0 fully saturated rings. The normalized spacial score (nSPS) is 9.52. The lowest BCUT2D eigenvalue weighted by molar-refractivity contribution is -0.384. The Kier molecular flexibility index (Phi) is 9.61. The van der Waals surface area contributed by atoms with Gasteiger partial charge in [-0.2, -0.15) is 0 Å². The average Bonchev–Trinajstić information content (AvgIpc) is 2.54. The first kappa shape index (κ1) is 22.2. The lowest BCUT2D eigenvalue weighted by Gasteiger charge is -2.04. The van der Waals surface area contributed by atoms with E-state index in [0.29, 0.717) is 23.5 Å². The van der Waals surface area contributed by atoms with E-state index in [4.69, 9.17) is 26.7 Å². The van der Waals surface area contributed by atoms with Crippen molar-refractivity contribution in [3.05, 3.63) is 57.6 Å². The van der Waals surface area contributed by atoms with E-state index >= 15 is 0 Å². The molecule has 25 heavy (non-hydrogen) atoms. The molecular formula is C17H26N4O4. The van der Waals surface area contributed by atoms with Gasteiger partial charge in [-0.05, 0) is 24.3 Å². The maximum Gasteiger partial charge on any atom is 0.269 e. The molecule has 0 bridgehead atoms. The molecule has 8 heteroatoms. The van der Waals surface area contributed by atoms with Crippen LogP contribution in [0.2, 0.25) is 0 Å². The van der Waals surface area contributed by atoms with E-state index in [0.717, 1.165) is 11.3 Å². The minimum Gasteiger partial charge on any atom is -0.399 e. The number of rotatable bonds is 5. The summed E-state index contributed by atoms with van der Waals surface area (Å²) in [7, 11) is 3.14. The van der Waals surface area contributed by atoms with E-state index in [-0.39, 0.29) is 19.7 Å². The van der Waals surface area contributed by atoms with Crippen molar-refractivity contribution >= 4 is 22.7 Å². The highest BCUT2D eigenvalue weighted by Gasteiger charge is 2.08. The van der Waals surface area contributed by atoms with Gasteiger partial charge in [-0.25, -0.2) is 0 Å². The Labute approximate surface area is 147 Å². The highest BCUT2D eigenvalue weighted by atomic mass is 16.6. The van der Waals surface area contributed by atoms with E-state index in [1.807, 2.05) is 6.07 Å². The third-order valence-electron chi connectivity index (χ3n) is 3.10. The summed E-state index contributed by atoms with van der Waals surface area (Å²) in [6, 6.07) is 9.66. The third kappa shape index (κ3) is 7.06. The molecule has 8 nitrogen and oxygen atoms in total. The molecule has 6 N–H and O–H groups in total. The number of nitro benzene ring substituents is 1. The minimum absolute atomic E-state index is 0. The van der Waals surface area contributed by atoms with E-state index in [1.54, 1.807) is 19.2 Å². The standard InChI is InChI=1S/C8H10N2O3.C8H12N2O.CH4/c1-13-5-6-4-7(10(11)12)2-3-8(6)9;1-11-5-6-4-7(9)2-3-8(6)10;/h2-4H,5,9H2,1H3;2-4H,5,9-10H2,1H3;1H4. The van der Waals surface area contributed by atoms with Crippen molar-refractivity contribution in [2.45, 2.75) is 20.6 Å². The number of hydrogen-bond donors (Lipinski definition) is 3. The summed E-state index contributed by atoms with van der Waals surface area (Å²) in [6.45, 7) is 0.796. The Hall–Kier alpha value is -2.84. The average molecular weight is 350 g/mol. The van der Waals surface area contributed by atoms with Gasteiger partial charge in [-0.15, -0.1) is 0 Å². The zero-order valence-electron chi connectivity index (χ0n) is 13.7. The Morgan fingerprint density at radius 2 is 1.40 bits per heavy atom. The van der Waals surface area contributed by atoms with Crippen LogP contribution in [0.15, 0.2) is 36.4 Å². The predicted octanol–water partition coefficient (Wildman–Crippen LogP) is 2.96. The Balaban J connectivity index is 0.000000449. The van der Waals surface area contributed by atoms with E-state index < -0.39 is 4.92 Å². The lowest BCUT2D eigenvalue weighted by atomic mass is 10.2. The number of nitrogens with zero attached hydrogens (tertiary/aromatic N) is 1. The number of non-ortho nitro benzene ring substituents is 1. The van der Waals surface area contributed by atoms with Crippen LogP contribution >= 0.6 is 0 Å². The number of hydrogen-bond acceptors (Lipinski definition) is 7. The SMILES string of the molecule is C.COCc1cc(N)ccc1N.COCc1cc([N+](=O)[O-])ccc1N. The second kappa shape index (κ2) is 10.8. The molecule has 0 amide bonds. The van der Waals surface area contributed by atoms with Crippen LogP contribution < -0.4 is 17.2 Å². The monoisotopic (exact) mass is 350 g/mol. The summed E-state index contributed by atoms with van der Waals surface area (Å²) in [5.41, 5.74) is 20.3. The molecule has 0 aliphatic heterocycles. The summed E-state index contributed by atoms with van der Waals surface area (Å²) in [5.74, 6) is 0. The topological polar surface area (TPSA) is 140 Å². The molecule has 0 aliphatic carbocycles. The molecule has 0 unspecified atom stereocenters. The van der Waals surface area contributed by atoms with Crippen LogP contribution in [-0.4, -0.2) is 19.1 Å². The maximum absolute atomic E-state index is 10.4. The zero-order valence-corrected chi connectivity index (χ0v) is 13.7. The number of anilines is 3. The maximum atomic E-state index is 10.4. The molecule has 0 aliphatic rings. The summed E-state index contributed by atoms with van der Waals surface area (Å²) in [4.78, 5) is 9.93. The summed E-state index contributed by atoms with van der Waals surface area (Å²) in [6.07, 6.45) is 0. The Morgan fingerprint density at radius 1 is 0.920 bits per heavy atom. The highest BCUT2D eigenvalue weighted by Crippen LogP contribution is 2.20. The van der Waals surface area contributed by atoms with Crippen molar-refractivity contribution in [2.75, 3.05) is 31.4 Å². The third-order valence-corrected chi connectivity index (χ3v) is 3.10. The second-order valence-electron chi connectivity index (χ2n) is 4.96. The van der Waals surface area contributed by atoms with Crippen molar-refractivity contribution in [3.8, 4) is 0 Å². The van der Waals surface area contributed by atoms with Gasteiger partial charge in [0.15, 0.2) is 0 Å². The fraction of sp³-hybridized carbons (Fsp3) is 0.294. The molecule has 0 aromatic heterocycles. The lowest BCUT2D eigenvalue weighted by Crippen LogP contribution is -1.97. The van der Waals surface area contributed by atoms with E-state index in [9.17, 15) is 10.1 Å². The van der Waals surface area contributed by atoms with Gasteiger partial charge in [0.2, 0.25) is 0 Å². The van der Waals surface area contributed by atoms with Crippen LogP contribution in [0.4, 0.5) is 22.7 Å². The summed E-state index contributed by atoms with van der Waals surface area (Å²) >= 11 is 0. The Bertz CT molecular complexity index is 692. The quantitative estimate of drug-likeness (QED) is 0.428. The van der Waals surface area contributed by atoms with Crippen LogP contribution in [0.5, 0.6) is 0 Å². The molecule has 0 radical (unpaired) electrons. The van der Waals surface area contributed by atoms with Gasteiger partial charge in [0.05, 0.1) is 18.1 Å². The predicted molar refractivity (Wildman–Crippen MR) is 101 cm³/mol. The number of nitrogen functional groups attached to an aromatic ring is 3. The Morgan fingerprint density at radius 3 is 1.88 bits per heavy atom. The van der Waals surface area contributed by atoms with Crippen molar-refractivity contribution in [3.63, 3.8) is 0 Å². The first-order chi connectivity index (χ1) is 11.4. The smallest absolute Gasteiger partial charge is 0.269 e. The van der Waals surface area contributed by atoms with Gasteiger partial charge in [-0.3, -0.25) is 10.1 Å². The van der Waals surface area contributed by atoms with Gasteiger partial charge in [-0.1, -0.05) is 7.43 Å². The van der Waals surface area contributed by atoms with Crippen LogP contribution in [0.1, 0.15) is 18.6 Å². The molecule has 0 heterocycles. The molecule has 2 rings (SSSR count).